The Labute approximate surface area is 287 Å². The SMILES string of the molecule is c1ccc(-c2ccc3oc4cccc(-c5cccc6oc7cc(-c8nc(-c9ccccc9)nc(-c9ccccc9)n8)ccc7c56)c4c3c2)cc1. The molecule has 5 heteroatoms. The minimum Gasteiger partial charge on any atom is -0.456 e. The van der Waals surface area contributed by atoms with Gasteiger partial charge in [-0.3, -0.25) is 0 Å². The van der Waals surface area contributed by atoms with Gasteiger partial charge in [0.15, 0.2) is 17.5 Å². The summed E-state index contributed by atoms with van der Waals surface area (Å²) in [5, 5.41) is 4.25. The Morgan fingerprint density at radius 1 is 0.300 bits per heavy atom. The highest BCUT2D eigenvalue weighted by molar-refractivity contribution is 6.19. The van der Waals surface area contributed by atoms with E-state index in [2.05, 4.69) is 78.9 Å². The molecule has 0 spiro atoms. The van der Waals surface area contributed by atoms with Crippen LogP contribution in [0.4, 0.5) is 0 Å². The Balaban J connectivity index is 1.14. The second-order valence-electron chi connectivity index (χ2n) is 12.4. The summed E-state index contributed by atoms with van der Waals surface area (Å²) in [5.41, 5.74) is 10.5. The molecule has 0 fully saturated rings. The van der Waals surface area contributed by atoms with E-state index in [0.29, 0.717) is 17.5 Å². The number of fused-ring (bicyclic) bond motifs is 6. The molecule has 0 radical (unpaired) electrons. The normalized spacial score (nSPS) is 11.6. The lowest BCUT2D eigenvalue weighted by molar-refractivity contribution is 0.668. The summed E-state index contributed by atoms with van der Waals surface area (Å²) < 4.78 is 13.0. The Hall–Kier alpha value is -6.85. The topological polar surface area (TPSA) is 65.0 Å². The molecule has 3 aromatic heterocycles. The number of nitrogens with zero attached hydrogens (tertiary/aromatic N) is 3. The van der Waals surface area contributed by atoms with E-state index in [9.17, 15) is 0 Å². The van der Waals surface area contributed by atoms with Crippen LogP contribution in [-0.4, -0.2) is 15.0 Å². The second-order valence-corrected chi connectivity index (χ2v) is 12.4. The largest absolute Gasteiger partial charge is 0.456 e. The highest BCUT2D eigenvalue weighted by Crippen LogP contribution is 2.43. The van der Waals surface area contributed by atoms with E-state index in [4.69, 9.17) is 23.8 Å². The summed E-state index contributed by atoms with van der Waals surface area (Å²) in [6.45, 7) is 0. The van der Waals surface area contributed by atoms with Gasteiger partial charge in [0, 0.05) is 38.2 Å². The maximum Gasteiger partial charge on any atom is 0.164 e. The fraction of sp³-hybridized carbons (Fsp3) is 0. The summed E-state index contributed by atoms with van der Waals surface area (Å²) in [5.74, 6) is 1.83. The Morgan fingerprint density at radius 2 is 0.800 bits per heavy atom. The maximum atomic E-state index is 6.57. The highest BCUT2D eigenvalue weighted by Gasteiger charge is 2.19. The lowest BCUT2D eigenvalue weighted by Crippen LogP contribution is -2.00. The Morgan fingerprint density at radius 3 is 1.40 bits per heavy atom. The van der Waals surface area contributed by atoms with Crippen molar-refractivity contribution in [1.29, 1.82) is 0 Å². The fourth-order valence-electron chi connectivity index (χ4n) is 6.99. The van der Waals surface area contributed by atoms with Crippen molar-refractivity contribution in [2.45, 2.75) is 0 Å². The van der Waals surface area contributed by atoms with E-state index in [-0.39, 0.29) is 0 Å². The van der Waals surface area contributed by atoms with Crippen LogP contribution in [0.15, 0.2) is 173 Å². The molecule has 0 aliphatic carbocycles. The summed E-state index contributed by atoms with van der Waals surface area (Å²) in [6.07, 6.45) is 0. The number of furan rings is 2. The molecule has 10 rings (SSSR count). The first-order valence-electron chi connectivity index (χ1n) is 16.6. The number of hydrogen-bond donors (Lipinski definition) is 0. The van der Waals surface area contributed by atoms with Crippen molar-refractivity contribution < 1.29 is 8.83 Å². The van der Waals surface area contributed by atoms with Gasteiger partial charge in [0.05, 0.1) is 0 Å². The van der Waals surface area contributed by atoms with Gasteiger partial charge in [0.1, 0.15) is 22.3 Å². The van der Waals surface area contributed by atoms with E-state index in [1.54, 1.807) is 0 Å². The Bertz CT molecular complexity index is 2800. The van der Waals surface area contributed by atoms with Crippen LogP contribution < -0.4 is 0 Å². The molecule has 50 heavy (non-hydrogen) atoms. The first kappa shape index (κ1) is 28.2. The van der Waals surface area contributed by atoms with Crippen molar-refractivity contribution in [2.24, 2.45) is 0 Å². The molecule has 5 nitrogen and oxygen atoms in total. The van der Waals surface area contributed by atoms with Crippen LogP contribution in [0, 0.1) is 0 Å². The average molecular weight is 642 g/mol. The number of hydrogen-bond acceptors (Lipinski definition) is 5. The molecular formula is C45H27N3O2. The predicted molar refractivity (Wildman–Crippen MR) is 202 cm³/mol. The molecule has 0 saturated heterocycles. The van der Waals surface area contributed by atoms with E-state index in [0.717, 1.165) is 77.3 Å². The van der Waals surface area contributed by atoms with Gasteiger partial charge >= 0.3 is 0 Å². The van der Waals surface area contributed by atoms with E-state index in [1.807, 2.05) is 84.9 Å². The number of aromatic nitrogens is 3. The standard InChI is InChI=1S/C45H27N3O2/c1-4-12-28(13-5-1)31-23-25-37-36(26-31)42-34(19-11-21-39(42)49-37)33-18-10-20-38-41(33)35-24-22-32(27-40(35)50-38)45-47-43(29-14-6-2-7-15-29)46-44(48-45)30-16-8-3-9-17-30/h1-27H. The summed E-state index contributed by atoms with van der Waals surface area (Å²) >= 11 is 0. The molecule has 0 N–H and O–H groups in total. The molecule has 234 valence electrons. The molecule has 0 amide bonds. The van der Waals surface area contributed by atoms with Gasteiger partial charge in [-0.05, 0) is 58.7 Å². The monoisotopic (exact) mass is 641 g/mol. The molecular weight excluding hydrogens is 615 g/mol. The molecule has 0 aliphatic rings. The molecule has 0 saturated carbocycles. The van der Waals surface area contributed by atoms with E-state index in [1.165, 1.54) is 5.56 Å². The zero-order chi connectivity index (χ0) is 33.0. The van der Waals surface area contributed by atoms with Crippen LogP contribution in [0.3, 0.4) is 0 Å². The third kappa shape index (κ3) is 4.67. The van der Waals surface area contributed by atoms with Crippen LogP contribution in [0.1, 0.15) is 0 Å². The number of benzene rings is 7. The smallest absolute Gasteiger partial charge is 0.164 e. The van der Waals surface area contributed by atoms with Gasteiger partial charge < -0.3 is 8.83 Å². The lowest BCUT2D eigenvalue weighted by Gasteiger charge is -2.08. The van der Waals surface area contributed by atoms with Crippen LogP contribution in [-0.2, 0) is 0 Å². The summed E-state index contributed by atoms with van der Waals surface area (Å²) in [6, 6.07) is 55.7. The maximum absolute atomic E-state index is 6.57. The third-order valence-electron chi connectivity index (χ3n) is 9.35. The van der Waals surface area contributed by atoms with Gasteiger partial charge in [-0.1, -0.05) is 127 Å². The van der Waals surface area contributed by atoms with Gasteiger partial charge in [0.2, 0.25) is 0 Å². The summed E-state index contributed by atoms with van der Waals surface area (Å²) in [4.78, 5) is 14.7. The quantitative estimate of drug-likeness (QED) is 0.187. The number of rotatable bonds is 5. The fourth-order valence-corrected chi connectivity index (χ4v) is 6.99. The van der Waals surface area contributed by atoms with Gasteiger partial charge in [-0.15, -0.1) is 0 Å². The van der Waals surface area contributed by atoms with Crippen LogP contribution in [0.25, 0.3) is 100 Å². The van der Waals surface area contributed by atoms with Crippen molar-refractivity contribution in [3.63, 3.8) is 0 Å². The molecule has 3 heterocycles. The lowest BCUT2D eigenvalue weighted by atomic mass is 9.94. The first-order valence-corrected chi connectivity index (χ1v) is 16.6. The molecule has 7 aromatic carbocycles. The predicted octanol–water partition coefficient (Wildman–Crippen LogP) is 12.0. The minimum absolute atomic E-state index is 0.587. The summed E-state index contributed by atoms with van der Waals surface area (Å²) in [7, 11) is 0. The first-order chi connectivity index (χ1) is 24.8. The molecule has 0 atom stereocenters. The van der Waals surface area contributed by atoms with Crippen LogP contribution in [0.5, 0.6) is 0 Å². The molecule has 0 bridgehead atoms. The van der Waals surface area contributed by atoms with Gasteiger partial charge in [0.25, 0.3) is 0 Å². The van der Waals surface area contributed by atoms with Crippen LogP contribution >= 0.6 is 0 Å². The average Bonchev–Trinajstić information content (AvgIpc) is 3.76. The zero-order valence-electron chi connectivity index (χ0n) is 26.7. The molecule has 10 aromatic rings. The zero-order valence-corrected chi connectivity index (χ0v) is 26.7. The van der Waals surface area contributed by atoms with Gasteiger partial charge in [-0.2, -0.15) is 0 Å². The Kier molecular flexibility index (Phi) is 6.42. The van der Waals surface area contributed by atoms with E-state index >= 15 is 0 Å². The van der Waals surface area contributed by atoms with Crippen LogP contribution in [0.2, 0.25) is 0 Å². The van der Waals surface area contributed by atoms with Gasteiger partial charge in [-0.25, -0.2) is 15.0 Å². The van der Waals surface area contributed by atoms with Crippen molar-refractivity contribution in [3.05, 3.63) is 164 Å². The molecule has 0 unspecified atom stereocenters. The third-order valence-corrected chi connectivity index (χ3v) is 9.35. The van der Waals surface area contributed by atoms with Crippen molar-refractivity contribution in [2.75, 3.05) is 0 Å². The van der Waals surface area contributed by atoms with Crippen molar-refractivity contribution >= 4 is 43.9 Å². The highest BCUT2D eigenvalue weighted by atomic mass is 16.3. The minimum atomic E-state index is 0.587. The molecule has 0 aliphatic heterocycles. The second kappa shape index (κ2) is 11.4. The van der Waals surface area contributed by atoms with Crippen molar-refractivity contribution in [3.8, 4) is 56.4 Å². The van der Waals surface area contributed by atoms with E-state index < -0.39 is 0 Å². The van der Waals surface area contributed by atoms with Crippen molar-refractivity contribution in [1.82, 2.24) is 15.0 Å².